The zero-order chi connectivity index (χ0) is 11.1. The van der Waals surface area contributed by atoms with Gasteiger partial charge in [-0.25, -0.2) is 0 Å². The van der Waals surface area contributed by atoms with Crippen LogP contribution < -0.4 is 0 Å². The molecule has 0 heterocycles. The van der Waals surface area contributed by atoms with Crippen LogP contribution in [0, 0.1) is 0 Å². The first-order chi connectivity index (χ1) is 7.24. The molecular weight excluding hydrogens is 208 g/mol. The average Bonchev–Trinajstić information content (AvgIpc) is 2.27. The van der Waals surface area contributed by atoms with Crippen molar-refractivity contribution in [1.29, 1.82) is 0 Å². The molecule has 1 aromatic carbocycles. The van der Waals surface area contributed by atoms with Crippen molar-refractivity contribution < 1.29 is 9.53 Å². The van der Waals surface area contributed by atoms with Gasteiger partial charge in [-0.15, -0.1) is 11.8 Å². The van der Waals surface area contributed by atoms with Gasteiger partial charge in [-0.05, 0) is 19.4 Å². The maximum atomic E-state index is 11.1. The number of hydrogen-bond donors (Lipinski definition) is 0. The van der Waals surface area contributed by atoms with Gasteiger partial charge in [0.1, 0.15) is 0 Å². The quantitative estimate of drug-likeness (QED) is 0.719. The molecule has 0 spiro atoms. The van der Waals surface area contributed by atoms with Crippen LogP contribution in [-0.4, -0.2) is 18.3 Å². The number of thioether (sulfide) groups is 1. The minimum absolute atomic E-state index is 0.134. The average molecular weight is 224 g/mol. The number of hydrogen-bond acceptors (Lipinski definition) is 3. The van der Waals surface area contributed by atoms with E-state index in [0.717, 1.165) is 0 Å². The highest BCUT2D eigenvalue weighted by Crippen LogP contribution is 2.27. The molecule has 0 aliphatic carbocycles. The molecule has 0 saturated carbocycles. The number of rotatable bonds is 5. The van der Waals surface area contributed by atoms with Crippen LogP contribution in [-0.2, 0) is 9.53 Å². The van der Waals surface area contributed by atoms with Crippen molar-refractivity contribution in [2.24, 2.45) is 0 Å². The van der Waals surface area contributed by atoms with Crippen molar-refractivity contribution in [2.45, 2.75) is 19.1 Å². The summed E-state index contributed by atoms with van der Waals surface area (Å²) in [6.07, 6.45) is 0. The van der Waals surface area contributed by atoms with E-state index in [1.165, 1.54) is 5.56 Å². The molecule has 0 N–H and O–H groups in total. The van der Waals surface area contributed by atoms with Gasteiger partial charge in [-0.2, -0.15) is 0 Å². The van der Waals surface area contributed by atoms with Gasteiger partial charge in [0.05, 0.1) is 12.4 Å². The molecule has 1 rings (SSSR count). The first kappa shape index (κ1) is 12.1. The van der Waals surface area contributed by atoms with Gasteiger partial charge in [-0.3, -0.25) is 4.79 Å². The van der Waals surface area contributed by atoms with Crippen LogP contribution in [0.4, 0.5) is 0 Å². The molecule has 0 radical (unpaired) electrons. The first-order valence-corrected chi connectivity index (χ1v) is 6.11. The molecule has 0 aliphatic heterocycles. The molecule has 1 unspecified atom stereocenters. The predicted molar refractivity (Wildman–Crippen MR) is 63.9 cm³/mol. The topological polar surface area (TPSA) is 26.3 Å². The van der Waals surface area contributed by atoms with Crippen molar-refractivity contribution in [3.05, 3.63) is 35.9 Å². The summed E-state index contributed by atoms with van der Waals surface area (Å²) in [7, 11) is 0. The van der Waals surface area contributed by atoms with Crippen LogP contribution in [0.25, 0.3) is 0 Å². The predicted octanol–water partition coefficient (Wildman–Crippen LogP) is 3.04. The highest BCUT2D eigenvalue weighted by molar-refractivity contribution is 8.00. The van der Waals surface area contributed by atoms with E-state index in [4.69, 9.17) is 4.74 Å². The van der Waals surface area contributed by atoms with Crippen LogP contribution in [0.3, 0.4) is 0 Å². The Balaban J connectivity index is 2.37. The van der Waals surface area contributed by atoms with Crippen molar-refractivity contribution >= 4 is 17.7 Å². The molecule has 2 nitrogen and oxygen atoms in total. The summed E-state index contributed by atoms with van der Waals surface area (Å²) in [5.41, 5.74) is 1.24. The second kappa shape index (κ2) is 6.51. The minimum Gasteiger partial charge on any atom is -0.465 e. The molecule has 0 aromatic heterocycles. The third-order valence-corrected chi connectivity index (χ3v) is 3.20. The molecule has 82 valence electrons. The molecule has 1 atom stereocenters. The number of carbonyl (C=O) groups excluding carboxylic acids is 1. The number of carbonyl (C=O) groups is 1. The lowest BCUT2D eigenvalue weighted by molar-refractivity contribution is -0.139. The minimum atomic E-state index is -0.134. The van der Waals surface area contributed by atoms with Gasteiger partial charge >= 0.3 is 5.97 Å². The molecule has 3 heteroatoms. The van der Waals surface area contributed by atoms with Gasteiger partial charge in [0.15, 0.2) is 0 Å². The van der Waals surface area contributed by atoms with Gasteiger partial charge in [0.2, 0.25) is 0 Å². The van der Waals surface area contributed by atoms with Crippen molar-refractivity contribution in [3.63, 3.8) is 0 Å². The molecule has 0 aliphatic rings. The van der Waals surface area contributed by atoms with Crippen molar-refractivity contribution in [2.75, 3.05) is 12.4 Å². The highest BCUT2D eigenvalue weighted by Gasteiger charge is 2.08. The lowest BCUT2D eigenvalue weighted by Crippen LogP contribution is -2.07. The number of benzene rings is 1. The highest BCUT2D eigenvalue weighted by atomic mass is 32.2. The van der Waals surface area contributed by atoms with E-state index in [1.54, 1.807) is 11.8 Å². The third kappa shape index (κ3) is 4.38. The van der Waals surface area contributed by atoms with E-state index in [9.17, 15) is 4.79 Å². The van der Waals surface area contributed by atoms with Crippen LogP contribution in [0.15, 0.2) is 30.3 Å². The summed E-state index contributed by atoms with van der Waals surface area (Å²) in [6, 6.07) is 10.2. The second-order valence-corrected chi connectivity index (χ2v) is 4.50. The summed E-state index contributed by atoms with van der Waals surface area (Å²) in [4.78, 5) is 11.1. The molecule has 1 aromatic rings. The van der Waals surface area contributed by atoms with Gasteiger partial charge < -0.3 is 4.74 Å². The second-order valence-electron chi connectivity index (χ2n) is 3.17. The van der Waals surface area contributed by atoms with Crippen LogP contribution in [0.1, 0.15) is 24.7 Å². The summed E-state index contributed by atoms with van der Waals surface area (Å²) in [5, 5.41) is 0.329. The molecule has 0 fully saturated rings. The largest absolute Gasteiger partial charge is 0.465 e. The zero-order valence-electron chi connectivity index (χ0n) is 9.10. The first-order valence-electron chi connectivity index (χ1n) is 5.06. The molecule has 0 amide bonds. The summed E-state index contributed by atoms with van der Waals surface area (Å²) >= 11 is 1.60. The van der Waals surface area contributed by atoms with Gasteiger partial charge in [0, 0.05) is 5.25 Å². The number of ether oxygens (including phenoxy) is 1. The Kier molecular flexibility index (Phi) is 5.26. The zero-order valence-corrected chi connectivity index (χ0v) is 9.92. The van der Waals surface area contributed by atoms with Crippen LogP contribution >= 0.6 is 11.8 Å². The standard InChI is InChI=1S/C12H16O2S/c1-3-14-12(13)9-15-10(2)11-7-5-4-6-8-11/h4-8,10H,3,9H2,1-2H3. The monoisotopic (exact) mass is 224 g/mol. The fourth-order valence-electron chi connectivity index (χ4n) is 1.22. The lowest BCUT2D eigenvalue weighted by atomic mass is 10.2. The van der Waals surface area contributed by atoms with E-state index in [-0.39, 0.29) is 5.97 Å². The third-order valence-electron chi connectivity index (χ3n) is 2.03. The molecule has 15 heavy (non-hydrogen) atoms. The fraction of sp³-hybridized carbons (Fsp3) is 0.417. The van der Waals surface area contributed by atoms with Crippen molar-refractivity contribution in [1.82, 2.24) is 0 Å². The Bertz CT molecular complexity index is 298. The van der Waals surface area contributed by atoms with Gasteiger partial charge in [-0.1, -0.05) is 30.3 Å². The molecule has 0 saturated heterocycles. The van der Waals surface area contributed by atoms with E-state index in [2.05, 4.69) is 19.1 Å². The summed E-state index contributed by atoms with van der Waals surface area (Å²) in [6.45, 7) is 4.38. The van der Waals surface area contributed by atoms with E-state index in [1.807, 2.05) is 25.1 Å². The number of esters is 1. The Morgan fingerprint density at radius 2 is 2.07 bits per heavy atom. The lowest BCUT2D eigenvalue weighted by Gasteiger charge is -2.10. The Morgan fingerprint density at radius 1 is 1.40 bits per heavy atom. The van der Waals surface area contributed by atoms with Crippen molar-refractivity contribution in [3.8, 4) is 0 Å². The Hall–Kier alpha value is -0.960. The van der Waals surface area contributed by atoms with E-state index in [0.29, 0.717) is 17.6 Å². The maximum Gasteiger partial charge on any atom is 0.315 e. The van der Waals surface area contributed by atoms with E-state index < -0.39 is 0 Å². The maximum absolute atomic E-state index is 11.1. The van der Waals surface area contributed by atoms with E-state index >= 15 is 0 Å². The van der Waals surface area contributed by atoms with Crippen LogP contribution in [0.2, 0.25) is 0 Å². The van der Waals surface area contributed by atoms with Crippen LogP contribution in [0.5, 0.6) is 0 Å². The molecule has 0 bridgehead atoms. The van der Waals surface area contributed by atoms with Gasteiger partial charge in [0.25, 0.3) is 0 Å². The molecular formula is C12H16O2S. The smallest absolute Gasteiger partial charge is 0.315 e. The normalized spacial score (nSPS) is 12.1. The fourth-order valence-corrected chi connectivity index (χ4v) is 2.03. The Morgan fingerprint density at radius 3 is 2.67 bits per heavy atom. The SMILES string of the molecule is CCOC(=O)CSC(C)c1ccccc1. The summed E-state index contributed by atoms with van der Waals surface area (Å²) < 4.78 is 4.87. The summed E-state index contributed by atoms with van der Waals surface area (Å²) in [5.74, 6) is 0.287. The Labute approximate surface area is 95.0 Å².